The maximum atomic E-state index is 5.58. The first-order valence-electron chi connectivity index (χ1n) is 5.91. The van der Waals surface area contributed by atoms with Crippen LogP contribution in [0.2, 0.25) is 0 Å². The molecule has 2 heteroatoms. The summed E-state index contributed by atoms with van der Waals surface area (Å²) in [4.78, 5) is 0. The summed E-state index contributed by atoms with van der Waals surface area (Å²) in [7, 11) is 0. The van der Waals surface area contributed by atoms with Gasteiger partial charge in [-0.25, -0.2) is 0 Å². The lowest BCUT2D eigenvalue weighted by molar-refractivity contribution is 0.242. The fourth-order valence-corrected chi connectivity index (χ4v) is 1.33. The van der Waals surface area contributed by atoms with Crippen LogP contribution in [0.1, 0.15) is 33.3 Å². The molecule has 0 aliphatic rings. The molecule has 0 bridgehead atoms. The molecule has 0 heterocycles. The van der Waals surface area contributed by atoms with Crippen molar-refractivity contribution in [3.05, 3.63) is 29.8 Å². The molecule has 1 rings (SSSR count). The minimum Gasteiger partial charge on any atom is -0.491 e. The third-order valence-electron chi connectivity index (χ3n) is 2.39. The molecule has 0 unspecified atom stereocenters. The maximum absolute atomic E-state index is 5.58. The van der Waals surface area contributed by atoms with Crippen LogP contribution in [0.15, 0.2) is 24.3 Å². The third kappa shape index (κ3) is 4.93. The van der Waals surface area contributed by atoms with Gasteiger partial charge in [-0.2, -0.15) is 0 Å². The summed E-state index contributed by atoms with van der Waals surface area (Å²) in [5.41, 5.74) is 0.928. The predicted molar refractivity (Wildman–Crippen MR) is 72.0 cm³/mol. The molecule has 0 atom stereocenters. The molecule has 0 fully saturated rings. The van der Waals surface area contributed by atoms with E-state index in [1.54, 1.807) is 0 Å². The van der Waals surface area contributed by atoms with Gasteiger partial charge in [-0.3, -0.25) is 5.32 Å². The fourth-order valence-electron chi connectivity index (χ4n) is 1.33. The lowest BCUT2D eigenvalue weighted by Crippen LogP contribution is -2.36. The first kappa shape index (κ1) is 13.6. The highest BCUT2D eigenvalue weighted by Crippen LogP contribution is 2.14. The Morgan fingerprint density at radius 1 is 1.29 bits per heavy atom. The molecule has 1 N–H and O–H groups in total. The van der Waals surface area contributed by atoms with E-state index in [1.165, 1.54) is 5.56 Å². The Morgan fingerprint density at radius 2 is 1.88 bits per heavy atom. The van der Waals surface area contributed by atoms with E-state index in [-0.39, 0.29) is 11.6 Å². The number of hydrogen-bond donors (Lipinski definition) is 1. The van der Waals surface area contributed by atoms with Crippen molar-refractivity contribution in [2.45, 2.75) is 45.9 Å². The smallest absolute Gasteiger partial charge is 0.119 e. The van der Waals surface area contributed by atoms with E-state index in [2.05, 4.69) is 23.4 Å². The molecule has 0 aliphatic carbocycles. The van der Waals surface area contributed by atoms with Crippen molar-refractivity contribution in [1.29, 1.82) is 0 Å². The average molecular weight is 231 g/mol. The number of hydrogen-bond acceptors (Lipinski definition) is 2. The van der Waals surface area contributed by atoms with Gasteiger partial charge in [0.15, 0.2) is 0 Å². The van der Waals surface area contributed by atoms with Crippen LogP contribution in [0.4, 0.5) is 0 Å². The molecule has 0 aromatic heterocycles. The Balaban J connectivity index is 2.55. The highest BCUT2D eigenvalue weighted by Gasteiger charge is 2.11. The van der Waals surface area contributed by atoms with Crippen molar-refractivity contribution in [3.8, 4) is 18.1 Å². The maximum Gasteiger partial charge on any atom is 0.119 e. The lowest BCUT2D eigenvalue weighted by atomic mass is 10.1. The molecule has 17 heavy (non-hydrogen) atoms. The Bertz CT molecular complexity index is 384. The van der Waals surface area contributed by atoms with Crippen LogP contribution in [0.3, 0.4) is 0 Å². The first-order chi connectivity index (χ1) is 7.93. The molecule has 2 nitrogen and oxygen atoms in total. The summed E-state index contributed by atoms with van der Waals surface area (Å²) >= 11 is 0. The Kier molecular flexibility index (Phi) is 4.60. The van der Waals surface area contributed by atoms with Crippen molar-refractivity contribution < 1.29 is 4.74 Å². The van der Waals surface area contributed by atoms with Gasteiger partial charge < -0.3 is 4.74 Å². The minimum atomic E-state index is -0.271. The zero-order valence-corrected chi connectivity index (χ0v) is 11.1. The lowest BCUT2D eigenvalue weighted by Gasteiger charge is -2.19. The molecular formula is C15H21NO. The van der Waals surface area contributed by atoms with E-state index in [0.29, 0.717) is 0 Å². The molecule has 0 radical (unpaired) electrons. The van der Waals surface area contributed by atoms with E-state index < -0.39 is 0 Å². The van der Waals surface area contributed by atoms with Crippen LogP contribution in [0, 0.1) is 12.3 Å². The van der Waals surface area contributed by atoms with Crippen LogP contribution in [0.25, 0.3) is 0 Å². The quantitative estimate of drug-likeness (QED) is 0.787. The van der Waals surface area contributed by atoms with Gasteiger partial charge in [0, 0.05) is 6.54 Å². The van der Waals surface area contributed by atoms with E-state index in [1.807, 2.05) is 39.8 Å². The summed E-state index contributed by atoms with van der Waals surface area (Å²) in [6, 6.07) is 8.08. The molecule has 0 saturated carbocycles. The van der Waals surface area contributed by atoms with Gasteiger partial charge in [-0.15, -0.1) is 6.42 Å². The van der Waals surface area contributed by atoms with Crippen LogP contribution in [-0.2, 0) is 6.54 Å². The van der Waals surface area contributed by atoms with Gasteiger partial charge in [0.1, 0.15) is 5.75 Å². The van der Waals surface area contributed by atoms with Crippen molar-refractivity contribution >= 4 is 0 Å². The van der Waals surface area contributed by atoms with Crippen LogP contribution >= 0.6 is 0 Å². The SMILES string of the molecule is C#CC(C)(C)NCc1ccc(OC(C)C)cc1. The van der Waals surface area contributed by atoms with E-state index >= 15 is 0 Å². The summed E-state index contributed by atoms with van der Waals surface area (Å²) in [5.74, 6) is 3.62. The van der Waals surface area contributed by atoms with Crippen LogP contribution < -0.4 is 10.1 Å². The van der Waals surface area contributed by atoms with Gasteiger partial charge in [0.2, 0.25) is 0 Å². The third-order valence-corrected chi connectivity index (χ3v) is 2.39. The molecule has 1 aromatic rings. The monoisotopic (exact) mass is 231 g/mol. The highest BCUT2D eigenvalue weighted by molar-refractivity contribution is 5.27. The second-order valence-corrected chi connectivity index (χ2v) is 4.93. The van der Waals surface area contributed by atoms with E-state index in [4.69, 9.17) is 11.2 Å². The first-order valence-corrected chi connectivity index (χ1v) is 5.91. The van der Waals surface area contributed by atoms with Gasteiger partial charge in [0.05, 0.1) is 11.6 Å². The molecule has 92 valence electrons. The predicted octanol–water partition coefficient (Wildman–Crippen LogP) is 2.98. The molecule has 0 spiro atoms. The second kappa shape index (κ2) is 5.75. The molecule has 0 aliphatic heterocycles. The van der Waals surface area contributed by atoms with Crippen molar-refractivity contribution in [1.82, 2.24) is 5.32 Å². The molecule has 0 saturated heterocycles. The average Bonchev–Trinajstić information content (AvgIpc) is 2.28. The Morgan fingerprint density at radius 3 is 2.35 bits per heavy atom. The van der Waals surface area contributed by atoms with Gasteiger partial charge in [-0.1, -0.05) is 18.1 Å². The highest BCUT2D eigenvalue weighted by atomic mass is 16.5. The van der Waals surface area contributed by atoms with Crippen molar-refractivity contribution in [3.63, 3.8) is 0 Å². The second-order valence-electron chi connectivity index (χ2n) is 4.93. The van der Waals surface area contributed by atoms with Gasteiger partial charge in [0.25, 0.3) is 0 Å². The number of terminal acetylenes is 1. The standard InChI is InChI=1S/C15H21NO/c1-6-15(4,5)16-11-13-7-9-14(10-8-13)17-12(2)3/h1,7-10,12,16H,11H2,2-5H3. The zero-order chi connectivity index (χ0) is 12.9. The Hall–Kier alpha value is -1.46. The van der Waals surface area contributed by atoms with Gasteiger partial charge in [-0.05, 0) is 45.4 Å². The minimum absolute atomic E-state index is 0.208. The Labute approximate surface area is 104 Å². The fraction of sp³-hybridized carbons (Fsp3) is 0.467. The zero-order valence-electron chi connectivity index (χ0n) is 11.1. The van der Waals surface area contributed by atoms with Crippen molar-refractivity contribution in [2.75, 3.05) is 0 Å². The van der Waals surface area contributed by atoms with Gasteiger partial charge >= 0.3 is 0 Å². The van der Waals surface area contributed by atoms with Crippen LogP contribution in [-0.4, -0.2) is 11.6 Å². The summed E-state index contributed by atoms with van der Waals surface area (Å²) in [6.07, 6.45) is 5.62. The summed E-state index contributed by atoms with van der Waals surface area (Å²) < 4.78 is 5.58. The number of nitrogens with one attached hydrogen (secondary N) is 1. The van der Waals surface area contributed by atoms with E-state index in [0.717, 1.165) is 12.3 Å². The normalized spacial score (nSPS) is 11.3. The van der Waals surface area contributed by atoms with E-state index in [9.17, 15) is 0 Å². The van der Waals surface area contributed by atoms with Crippen molar-refractivity contribution in [2.24, 2.45) is 0 Å². The largest absolute Gasteiger partial charge is 0.491 e. The summed E-state index contributed by atoms with van der Waals surface area (Å²) in [5, 5.41) is 3.31. The number of ether oxygens (including phenoxy) is 1. The summed E-state index contributed by atoms with van der Waals surface area (Å²) in [6.45, 7) is 8.78. The number of rotatable bonds is 5. The van der Waals surface area contributed by atoms with Crippen LogP contribution in [0.5, 0.6) is 5.75 Å². The topological polar surface area (TPSA) is 21.3 Å². The number of benzene rings is 1. The molecule has 1 aromatic carbocycles. The molecular weight excluding hydrogens is 210 g/mol. The molecule has 0 amide bonds.